The minimum atomic E-state index is -1.15. The number of alkyl halides is 1. The van der Waals surface area contributed by atoms with Crippen molar-refractivity contribution in [2.24, 2.45) is 0 Å². The van der Waals surface area contributed by atoms with E-state index >= 15 is 0 Å². The first-order valence-corrected chi connectivity index (χ1v) is 11.8. The van der Waals surface area contributed by atoms with E-state index in [-0.39, 0.29) is 18.2 Å². The first kappa shape index (κ1) is 22.6. The van der Waals surface area contributed by atoms with Crippen LogP contribution in [0, 0.1) is 0 Å². The molecular weight excluding hydrogens is 429 g/mol. The molecular formula is C24H28FN3O3S. The van der Waals surface area contributed by atoms with Crippen LogP contribution in [0.5, 0.6) is 5.75 Å². The van der Waals surface area contributed by atoms with Crippen LogP contribution >= 0.6 is 11.3 Å². The van der Waals surface area contributed by atoms with Gasteiger partial charge in [-0.2, -0.15) is 0 Å². The van der Waals surface area contributed by atoms with Crippen molar-refractivity contribution in [1.29, 1.82) is 0 Å². The highest BCUT2D eigenvalue weighted by Crippen LogP contribution is 2.31. The fraction of sp³-hybridized carbons (Fsp3) is 0.458. The Morgan fingerprint density at radius 2 is 1.97 bits per heavy atom. The second-order valence-corrected chi connectivity index (χ2v) is 9.92. The predicted molar refractivity (Wildman–Crippen MR) is 122 cm³/mol. The number of rotatable bonds is 7. The molecule has 0 radical (unpaired) electrons. The molecule has 0 atom stereocenters. The number of nitrogens with zero attached hydrogens (tertiary/aromatic N) is 2. The van der Waals surface area contributed by atoms with Gasteiger partial charge in [0.1, 0.15) is 18.0 Å². The molecule has 170 valence electrons. The molecule has 0 aliphatic carbocycles. The smallest absolute Gasteiger partial charge is 0.254 e. The summed E-state index contributed by atoms with van der Waals surface area (Å²) in [6.45, 7) is 5.95. The molecule has 8 heteroatoms. The van der Waals surface area contributed by atoms with E-state index in [1.54, 1.807) is 31.3 Å². The van der Waals surface area contributed by atoms with Gasteiger partial charge < -0.3 is 9.64 Å². The Bertz CT molecular complexity index is 1000. The van der Waals surface area contributed by atoms with E-state index in [1.165, 1.54) is 0 Å². The minimum Gasteiger partial charge on any atom is -0.487 e. The summed E-state index contributed by atoms with van der Waals surface area (Å²) >= 11 is 1.67. The van der Waals surface area contributed by atoms with Gasteiger partial charge in [-0.1, -0.05) is 12.1 Å². The van der Waals surface area contributed by atoms with Gasteiger partial charge in [0.05, 0.1) is 17.1 Å². The van der Waals surface area contributed by atoms with E-state index in [9.17, 15) is 14.0 Å². The van der Waals surface area contributed by atoms with Gasteiger partial charge in [0.15, 0.2) is 0 Å². The molecule has 0 spiro atoms. The fourth-order valence-corrected chi connectivity index (χ4v) is 5.06. The van der Waals surface area contributed by atoms with E-state index in [0.29, 0.717) is 24.6 Å². The van der Waals surface area contributed by atoms with E-state index < -0.39 is 5.67 Å². The first-order valence-electron chi connectivity index (χ1n) is 10.9. The van der Waals surface area contributed by atoms with Crippen molar-refractivity contribution >= 4 is 29.2 Å². The van der Waals surface area contributed by atoms with Crippen LogP contribution < -0.4 is 10.1 Å². The highest BCUT2D eigenvalue weighted by Gasteiger charge is 2.27. The third-order valence-corrected chi connectivity index (χ3v) is 6.67. The van der Waals surface area contributed by atoms with Crippen molar-refractivity contribution < 1.29 is 18.7 Å². The van der Waals surface area contributed by atoms with Crippen molar-refractivity contribution in [3.05, 3.63) is 51.5 Å². The summed E-state index contributed by atoms with van der Waals surface area (Å²) in [6.07, 6.45) is 3.85. The number of benzene rings is 1. The standard InChI is InChI=1S/C24H28FN3O3S/c1-24(2,25)15-28-9-7-17(8-10-28)23-26-19(14-32-23)13-31-20-5-3-16(4-6-20)11-18-12-21(29)27-22(18)30/h3-6,11,14,17H,7-10,12-13,15H2,1-2H3,(H,27,29,30)/b18-11+. The number of piperidine rings is 1. The zero-order valence-electron chi connectivity index (χ0n) is 18.4. The average molecular weight is 458 g/mol. The van der Waals surface area contributed by atoms with Gasteiger partial charge in [0, 0.05) is 23.4 Å². The van der Waals surface area contributed by atoms with Gasteiger partial charge in [0.2, 0.25) is 5.91 Å². The van der Waals surface area contributed by atoms with Gasteiger partial charge in [-0.25, -0.2) is 9.37 Å². The number of ether oxygens (including phenoxy) is 1. The Kier molecular flexibility index (Phi) is 6.71. The largest absolute Gasteiger partial charge is 0.487 e. The van der Waals surface area contributed by atoms with E-state index in [0.717, 1.165) is 47.9 Å². The molecule has 2 saturated heterocycles. The number of hydrogen-bond donors (Lipinski definition) is 1. The zero-order chi connectivity index (χ0) is 22.7. The molecule has 2 aliphatic heterocycles. The number of amides is 2. The number of carbonyl (C=O) groups excluding carboxylic acids is 2. The lowest BCUT2D eigenvalue weighted by molar-refractivity contribution is -0.124. The van der Waals surface area contributed by atoms with Crippen molar-refractivity contribution in [3.63, 3.8) is 0 Å². The van der Waals surface area contributed by atoms with E-state index in [2.05, 4.69) is 10.2 Å². The number of aromatic nitrogens is 1. The number of likely N-dealkylation sites (tertiary alicyclic amines) is 1. The lowest BCUT2D eigenvalue weighted by atomic mass is 9.96. The highest BCUT2D eigenvalue weighted by molar-refractivity contribution is 7.09. The van der Waals surface area contributed by atoms with Crippen LogP contribution in [0.25, 0.3) is 6.08 Å². The number of thiazole rings is 1. The number of hydrogen-bond acceptors (Lipinski definition) is 6. The molecule has 0 bridgehead atoms. The molecule has 1 aromatic heterocycles. The summed E-state index contributed by atoms with van der Waals surface area (Å²) in [6, 6.07) is 7.40. The lowest BCUT2D eigenvalue weighted by Gasteiger charge is -2.33. The van der Waals surface area contributed by atoms with Crippen molar-refractivity contribution in [1.82, 2.24) is 15.2 Å². The van der Waals surface area contributed by atoms with Crippen LogP contribution in [0.3, 0.4) is 0 Å². The number of nitrogens with one attached hydrogen (secondary N) is 1. The quantitative estimate of drug-likeness (QED) is 0.501. The normalized spacial score (nSPS) is 19.5. The van der Waals surface area contributed by atoms with Crippen LogP contribution in [0.15, 0.2) is 35.2 Å². The maximum Gasteiger partial charge on any atom is 0.254 e. The summed E-state index contributed by atoms with van der Waals surface area (Å²) in [5.41, 5.74) is 1.07. The van der Waals surface area contributed by atoms with Crippen LogP contribution in [-0.4, -0.2) is 47.0 Å². The third kappa shape index (κ3) is 6.01. The van der Waals surface area contributed by atoms with Crippen LogP contribution in [-0.2, 0) is 16.2 Å². The average Bonchev–Trinajstić information content (AvgIpc) is 3.33. The summed E-state index contributed by atoms with van der Waals surface area (Å²) in [5, 5.41) is 5.46. The van der Waals surface area contributed by atoms with Crippen LogP contribution in [0.4, 0.5) is 4.39 Å². The Labute approximate surface area is 191 Å². The van der Waals surface area contributed by atoms with Gasteiger partial charge in [0.25, 0.3) is 5.91 Å². The molecule has 2 fully saturated rings. The first-order chi connectivity index (χ1) is 15.2. The van der Waals surface area contributed by atoms with Gasteiger partial charge in [-0.05, 0) is 63.6 Å². The Morgan fingerprint density at radius 3 is 2.59 bits per heavy atom. The van der Waals surface area contributed by atoms with Crippen LogP contribution in [0.1, 0.15) is 55.3 Å². The van der Waals surface area contributed by atoms with E-state index in [1.807, 2.05) is 29.6 Å². The minimum absolute atomic E-state index is 0.121. The Morgan fingerprint density at radius 1 is 1.25 bits per heavy atom. The molecule has 4 rings (SSSR count). The summed E-state index contributed by atoms with van der Waals surface area (Å²) < 4.78 is 19.7. The molecule has 1 N–H and O–H groups in total. The lowest BCUT2D eigenvalue weighted by Crippen LogP contribution is -2.40. The molecule has 2 aromatic rings. The summed E-state index contributed by atoms with van der Waals surface area (Å²) in [7, 11) is 0. The second kappa shape index (κ2) is 9.50. The zero-order valence-corrected chi connectivity index (χ0v) is 19.2. The highest BCUT2D eigenvalue weighted by atomic mass is 32.1. The molecule has 2 amide bonds. The fourth-order valence-electron chi connectivity index (χ4n) is 4.09. The topological polar surface area (TPSA) is 71.5 Å². The molecule has 1 aromatic carbocycles. The summed E-state index contributed by atoms with van der Waals surface area (Å²) in [5.74, 6) is 0.556. The predicted octanol–water partition coefficient (Wildman–Crippen LogP) is 4.08. The van der Waals surface area contributed by atoms with Crippen molar-refractivity contribution in [2.45, 2.75) is 51.3 Å². The van der Waals surface area contributed by atoms with E-state index in [4.69, 9.17) is 9.72 Å². The van der Waals surface area contributed by atoms with Gasteiger partial charge >= 0.3 is 0 Å². The molecule has 32 heavy (non-hydrogen) atoms. The van der Waals surface area contributed by atoms with Crippen LogP contribution in [0.2, 0.25) is 0 Å². The second-order valence-electron chi connectivity index (χ2n) is 9.03. The number of imide groups is 1. The maximum atomic E-state index is 13.9. The Balaban J connectivity index is 1.27. The Hall–Kier alpha value is -2.58. The maximum absolute atomic E-state index is 13.9. The molecule has 0 unspecified atom stereocenters. The molecule has 3 heterocycles. The number of halogens is 1. The molecule has 6 nitrogen and oxygen atoms in total. The van der Waals surface area contributed by atoms with Gasteiger partial charge in [-0.15, -0.1) is 11.3 Å². The number of carbonyl (C=O) groups is 2. The molecule has 0 saturated carbocycles. The van der Waals surface area contributed by atoms with Crippen molar-refractivity contribution in [3.8, 4) is 5.75 Å². The molecule has 2 aliphatic rings. The monoisotopic (exact) mass is 457 g/mol. The third-order valence-electron chi connectivity index (χ3n) is 5.61. The summed E-state index contributed by atoms with van der Waals surface area (Å²) in [4.78, 5) is 29.9. The SMILES string of the molecule is CC(C)(F)CN1CCC(c2nc(COc3ccc(/C=C4\CC(=O)NC4=O)cc3)cs2)CC1. The van der Waals surface area contributed by atoms with Crippen molar-refractivity contribution in [2.75, 3.05) is 19.6 Å². The van der Waals surface area contributed by atoms with Gasteiger partial charge in [-0.3, -0.25) is 14.9 Å².